The highest BCUT2D eigenvalue weighted by molar-refractivity contribution is 5.98. The lowest BCUT2D eigenvalue weighted by molar-refractivity contribution is 0.0966. The zero-order chi connectivity index (χ0) is 8.72. The van der Waals surface area contributed by atoms with Gasteiger partial charge in [0.15, 0.2) is 1.41 Å². The second-order valence-corrected chi connectivity index (χ2v) is 2.39. The first-order chi connectivity index (χ1) is 5.70. The number of carbonyl (C=O) groups is 1. The molecule has 2 nitrogen and oxygen atoms in total. The average molecular weight is 152 g/mol. The molecule has 0 aliphatic carbocycles. The summed E-state index contributed by atoms with van der Waals surface area (Å²) in [6.45, 7) is 0.0564. The summed E-state index contributed by atoms with van der Waals surface area (Å²) in [7, 11) is 0. The van der Waals surface area contributed by atoms with Crippen molar-refractivity contribution in [2.45, 2.75) is 6.54 Å². The molecule has 0 spiro atoms. The molecule has 3 heteroatoms. The first-order valence-corrected chi connectivity index (χ1v) is 3.28. The summed E-state index contributed by atoms with van der Waals surface area (Å²) in [5.74, 6) is -0.833. The van der Waals surface area contributed by atoms with E-state index in [4.69, 9.17) is 1.41 Å². The van der Waals surface area contributed by atoms with Crippen molar-refractivity contribution in [3.63, 3.8) is 0 Å². The predicted octanol–water partition coefficient (Wildman–Crippen LogP) is 1.07. The summed E-state index contributed by atoms with van der Waals surface area (Å²) in [6.07, 6.45) is 0. The van der Waals surface area contributed by atoms with Crippen molar-refractivity contribution < 1.29 is 10.6 Å². The molecule has 56 valence electrons. The van der Waals surface area contributed by atoms with E-state index in [1.165, 1.54) is 18.2 Å². The third kappa shape index (κ3) is 0.808. The number of benzene rings is 1. The quantitative estimate of drug-likeness (QED) is 0.592. The maximum Gasteiger partial charge on any atom is 0.252 e. The SMILES string of the molecule is [2H]N1Cc2c(F)cccc2C1=O. The predicted molar refractivity (Wildman–Crippen MR) is 37.6 cm³/mol. The van der Waals surface area contributed by atoms with Crippen LogP contribution in [0.4, 0.5) is 4.39 Å². The van der Waals surface area contributed by atoms with E-state index >= 15 is 0 Å². The van der Waals surface area contributed by atoms with E-state index in [0.29, 0.717) is 11.1 Å². The highest BCUT2D eigenvalue weighted by Crippen LogP contribution is 2.17. The number of nitrogens with one attached hydrogen (secondary N) is 1. The van der Waals surface area contributed by atoms with Gasteiger partial charge in [-0.05, 0) is 12.1 Å². The minimum absolute atomic E-state index is 0.0564. The number of carbonyl (C=O) groups excluding carboxylic acids is 1. The Morgan fingerprint density at radius 2 is 2.45 bits per heavy atom. The zero-order valence-corrected chi connectivity index (χ0v) is 5.67. The van der Waals surface area contributed by atoms with E-state index < -0.39 is 11.7 Å². The first kappa shape index (κ1) is 5.29. The zero-order valence-electron chi connectivity index (χ0n) is 6.67. The highest BCUT2D eigenvalue weighted by atomic mass is 19.1. The Morgan fingerprint density at radius 1 is 1.64 bits per heavy atom. The second kappa shape index (κ2) is 2.05. The third-order valence-corrected chi connectivity index (χ3v) is 1.73. The Labute approximate surface area is 64.5 Å². The van der Waals surface area contributed by atoms with Gasteiger partial charge in [-0.1, -0.05) is 6.07 Å². The summed E-state index contributed by atoms with van der Waals surface area (Å²) in [4.78, 5) is 11.1. The molecule has 0 unspecified atom stereocenters. The minimum Gasteiger partial charge on any atom is -0.348 e. The van der Waals surface area contributed by atoms with Crippen LogP contribution in [0.5, 0.6) is 0 Å². The van der Waals surface area contributed by atoms with Gasteiger partial charge in [0.1, 0.15) is 5.82 Å². The molecule has 0 saturated carbocycles. The molecule has 1 aromatic carbocycles. The van der Waals surface area contributed by atoms with Gasteiger partial charge in [0.2, 0.25) is 0 Å². The lowest BCUT2D eigenvalue weighted by atomic mass is 10.1. The first-order valence-electron chi connectivity index (χ1n) is 3.73. The van der Waals surface area contributed by atoms with Gasteiger partial charge in [0.25, 0.3) is 5.91 Å². The van der Waals surface area contributed by atoms with Gasteiger partial charge >= 0.3 is 0 Å². The number of hydrogen-bond acceptors (Lipinski definition) is 1. The smallest absolute Gasteiger partial charge is 0.252 e. The molecule has 11 heavy (non-hydrogen) atoms. The fraction of sp³-hybridized carbons (Fsp3) is 0.125. The van der Waals surface area contributed by atoms with Gasteiger partial charge in [-0.3, -0.25) is 4.79 Å². The number of amides is 1. The van der Waals surface area contributed by atoms with Gasteiger partial charge in [0, 0.05) is 17.7 Å². The van der Waals surface area contributed by atoms with Crippen LogP contribution in [0.3, 0.4) is 0 Å². The second-order valence-electron chi connectivity index (χ2n) is 2.39. The Balaban J connectivity index is 2.61. The highest BCUT2D eigenvalue weighted by Gasteiger charge is 2.20. The molecule has 1 amide bonds. The number of hydrogen-bond donors (Lipinski definition) is 1. The van der Waals surface area contributed by atoms with E-state index in [1.54, 1.807) is 0 Å². The van der Waals surface area contributed by atoms with Crippen molar-refractivity contribution in [3.05, 3.63) is 35.1 Å². The molecule has 0 fully saturated rings. The van der Waals surface area contributed by atoms with Crippen molar-refractivity contribution in [2.75, 3.05) is 0 Å². The standard InChI is InChI=1S/C8H6FNO/c9-7-3-1-2-5-6(7)4-10-8(5)11/h1-3H,4H2,(H,10,11)/i/hD. The van der Waals surface area contributed by atoms with Crippen molar-refractivity contribution in [1.29, 1.82) is 0 Å². The number of fused-ring (bicyclic) bond motifs is 1. The molecule has 0 atom stereocenters. The third-order valence-electron chi connectivity index (χ3n) is 1.73. The maximum atomic E-state index is 13.0. The molecule has 0 radical (unpaired) electrons. The molecule has 0 saturated heterocycles. The van der Waals surface area contributed by atoms with Crippen molar-refractivity contribution in [2.24, 2.45) is 0 Å². The molecule has 1 aromatic rings. The van der Waals surface area contributed by atoms with E-state index in [-0.39, 0.29) is 6.54 Å². The Kier molecular flexibility index (Phi) is 0.987. The fourth-order valence-corrected chi connectivity index (χ4v) is 1.16. The average Bonchev–Trinajstić information content (AvgIpc) is 2.32. The van der Waals surface area contributed by atoms with Gasteiger partial charge in [-0.15, -0.1) is 0 Å². The molecule has 0 aromatic heterocycles. The summed E-state index contributed by atoms with van der Waals surface area (Å²) >= 11 is 0. The monoisotopic (exact) mass is 152 g/mol. The lowest BCUT2D eigenvalue weighted by Crippen LogP contribution is -2.12. The number of halogens is 1. The molecular weight excluding hydrogens is 145 g/mol. The van der Waals surface area contributed by atoms with E-state index in [2.05, 4.69) is 0 Å². The molecule has 1 aliphatic rings. The van der Waals surface area contributed by atoms with E-state index in [0.717, 1.165) is 5.31 Å². The van der Waals surface area contributed by atoms with Gasteiger partial charge in [-0.2, -0.15) is 0 Å². The largest absolute Gasteiger partial charge is 0.348 e. The van der Waals surface area contributed by atoms with Crippen molar-refractivity contribution >= 4 is 5.91 Å². The Morgan fingerprint density at radius 3 is 3.18 bits per heavy atom. The summed E-state index contributed by atoms with van der Waals surface area (Å²) in [5.41, 5.74) is 0.641. The van der Waals surface area contributed by atoms with Crippen LogP contribution in [0, 0.1) is 5.82 Å². The molecule has 1 heterocycles. The van der Waals surface area contributed by atoms with E-state index in [9.17, 15) is 9.18 Å². The molecular formula is C8H6FNO. The Hall–Kier alpha value is -1.38. The maximum absolute atomic E-state index is 13.0. The molecule has 1 N–H and O–H groups in total. The normalized spacial score (nSPS) is 16.6. The van der Waals surface area contributed by atoms with Gasteiger partial charge in [0.05, 0.1) is 0 Å². The molecule has 2 rings (SSSR count). The van der Waals surface area contributed by atoms with Crippen LogP contribution in [0.1, 0.15) is 15.9 Å². The van der Waals surface area contributed by atoms with Crippen molar-refractivity contribution in [3.8, 4) is 0 Å². The molecule has 0 bridgehead atoms. The van der Waals surface area contributed by atoms with Crippen LogP contribution in [-0.2, 0) is 6.54 Å². The van der Waals surface area contributed by atoms with E-state index in [1.807, 2.05) is 0 Å². The lowest BCUT2D eigenvalue weighted by Gasteiger charge is -1.94. The van der Waals surface area contributed by atoms with Crippen LogP contribution in [0.15, 0.2) is 18.2 Å². The van der Waals surface area contributed by atoms with Crippen LogP contribution < -0.4 is 5.31 Å². The Bertz CT molecular complexity index is 353. The van der Waals surface area contributed by atoms with Crippen molar-refractivity contribution in [1.82, 2.24) is 5.31 Å². The van der Waals surface area contributed by atoms with Gasteiger partial charge < -0.3 is 5.31 Å². The summed E-state index contributed by atoms with van der Waals surface area (Å²) < 4.78 is 20.1. The van der Waals surface area contributed by atoms with Gasteiger partial charge in [-0.25, -0.2) is 4.39 Å². The summed E-state index contributed by atoms with van der Waals surface area (Å²) in [6, 6.07) is 4.31. The van der Waals surface area contributed by atoms with Crippen LogP contribution >= 0.6 is 0 Å². The van der Waals surface area contributed by atoms with Crippen LogP contribution in [0.2, 0.25) is 1.41 Å². The fourth-order valence-electron chi connectivity index (χ4n) is 1.16. The summed E-state index contributed by atoms with van der Waals surface area (Å²) in [5, 5.41) is 0.758. The van der Waals surface area contributed by atoms with Crippen LogP contribution in [-0.4, -0.2) is 5.91 Å². The van der Waals surface area contributed by atoms with Crippen LogP contribution in [0.25, 0.3) is 0 Å². The molecule has 1 aliphatic heterocycles. The topological polar surface area (TPSA) is 29.1 Å². The number of rotatable bonds is 0. The minimum atomic E-state index is -0.426.